The van der Waals surface area contributed by atoms with Crippen molar-refractivity contribution in [2.75, 3.05) is 0 Å². The van der Waals surface area contributed by atoms with E-state index in [1.165, 1.54) is 18.9 Å². The minimum atomic E-state index is -0.497. The predicted octanol–water partition coefficient (Wildman–Crippen LogP) is 3.43. The molecule has 0 nitrogen and oxygen atoms in total. The summed E-state index contributed by atoms with van der Waals surface area (Å²) in [5.74, 6) is 0. The maximum Gasteiger partial charge on any atom is 0.168 e. The zero-order valence-electron chi connectivity index (χ0n) is 6.58. The van der Waals surface area contributed by atoms with Crippen LogP contribution in [0.25, 0.3) is 0 Å². The van der Waals surface area contributed by atoms with E-state index in [1.807, 2.05) is 0 Å². The Labute approximate surface area is 64.9 Å². The van der Waals surface area contributed by atoms with Crippen molar-refractivity contribution in [3.05, 3.63) is 0 Å². The van der Waals surface area contributed by atoms with Gasteiger partial charge in [0.15, 0.2) is 8.11 Å². The van der Waals surface area contributed by atoms with Crippen LogP contribution >= 0.6 is 11.1 Å². The Morgan fingerprint density at radius 1 is 1.44 bits per heavy atom. The van der Waals surface area contributed by atoms with E-state index in [0.29, 0.717) is 0 Å². The van der Waals surface area contributed by atoms with Crippen molar-refractivity contribution < 1.29 is 0 Å². The molecule has 0 aliphatic heterocycles. The molecule has 0 heterocycles. The molecule has 1 unspecified atom stereocenters. The second-order valence-electron chi connectivity index (χ2n) is 2.51. The van der Waals surface area contributed by atoms with Crippen LogP contribution in [0.3, 0.4) is 0 Å². The molecule has 1 radical (unpaired) electrons. The molecular formula is C7H16ClSi. The molecule has 0 bridgehead atoms. The summed E-state index contributed by atoms with van der Waals surface area (Å²) < 4.78 is 0. The highest BCUT2D eigenvalue weighted by Crippen LogP contribution is 2.20. The van der Waals surface area contributed by atoms with Gasteiger partial charge in [-0.1, -0.05) is 33.6 Å². The van der Waals surface area contributed by atoms with Gasteiger partial charge in [-0.2, -0.15) is 11.1 Å². The molecule has 0 N–H and O–H groups in total. The third-order valence-electron chi connectivity index (χ3n) is 1.64. The second kappa shape index (κ2) is 5.30. The number of halogens is 1. The van der Waals surface area contributed by atoms with E-state index >= 15 is 0 Å². The van der Waals surface area contributed by atoms with Gasteiger partial charge in [0.05, 0.1) is 0 Å². The zero-order chi connectivity index (χ0) is 7.28. The topological polar surface area (TPSA) is 0 Å². The third kappa shape index (κ3) is 3.99. The van der Waals surface area contributed by atoms with Crippen LogP contribution in [0.15, 0.2) is 0 Å². The molecule has 9 heavy (non-hydrogen) atoms. The molecule has 1 atom stereocenters. The van der Waals surface area contributed by atoms with Gasteiger partial charge in [0.1, 0.15) is 0 Å². The molecule has 0 saturated heterocycles. The normalized spacial score (nSPS) is 14.3. The van der Waals surface area contributed by atoms with Crippen molar-refractivity contribution in [2.24, 2.45) is 0 Å². The van der Waals surface area contributed by atoms with Gasteiger partial charge in [-0.05, 0) is 11.6 Å². The lowest BCUT2D eigenvalue weighted by Gasteiger charge is -2.11. The van der Waals surface area contributed by atoms with Gasteiger partial charge in [0.25, 0.3) is 0 Å². The first-order chi connectivity index (χ1) is 4.22. The van der Waals surface area contributed by atoms with Crippen molar-refractivity contribution in [3.63, 3.8) is 0 Å². The summed E-state index contributed by atoms with van der Waals surface area (Å²) in [5, 5.41) is 0. The smallest absolute Gasteiger partial charge is 0.168 e. The quantitative estimate of drug-likeness (QED) is 0.440. The van der Waals surface area contributed by atoms with Crippen LogP contribution in [0.4, 0.5) is 0 Å². The first kappa shape index (κ1) is 9.51. The fourth-order valence-electron chi connectivity index (χ4n) is 0.707. The Morgan fingerprint density at radius 3 is 2.33 bits per heavy atom. The van der Waals surface area contributed by atoms with E-state index in [0.717, 1.165) is 5.54 Å². The van der Waals surface area contributed by atoms with Crippen molar-refractivity contribution in [2.45, 2.75) is 45.2 Å². The van der Waals surface area contributed by atoms with Gasteiger partial charge in [0, 0.05) is 0 Å². The van der Waals surface area contributed by atoms with Gasteiger partial charge in [-0.3, -0.25) is 0 Å². The molecule has 0 amide bonds. The summed E-state index contributed by atoms with van der Waals surface area (Å²) in [6.07, 6.45) is 2.50. The molecule has 55 valence electrons. The molecule has 0 saturated carbocycles. The minimum absolute atomic E-state index is 0.497. The predicted molar refractivity (Wildman–Crippen MR) is 46.4 cm³/mol. The van der Waals surface area contributed by atoms with Crippen LogP contribution < -0.4 is 0 Å². The van der Waals surface area contributed by atoms with Crippen LogP contribution in [-0.4, -0.2) is 8.11 Å². The fraction of sp³-hybridized carbons (Fsp3) is 1.00. The Bertz CT molecular complexity index is 65.9. The Morgan fingerprint density at radius 2 is 2.00 bits per heavy atom. The monoisotopic (exact) mass is 163 g/mol. The largest absolute Gasteiger partial charge is 0.169 e. The van der Waals surface area contributed by atoms with E-state index in [-0.39, 0.29) is 0 Å². The zero-order valence-corrected chi connectivity index (χ0v) is 8.33. The van der Waals surface area contributed by atoms with Gasteiger partial charge < -0.3 is 0 Å². The standard InChI is InChI=1S/C7H16ClSi/c1-4-6-9(8)7(3)5-2/h7H,4-6H2,1-3H3. The lowest BCUT2D eigenvalue weighted by molar-refractivity contribution is 0.852. The summed E-state index contributed by atoms with van der Waals surface area (Å²) in [7, 11) is -0.497. The highest BCUT2D eigenvalue weighted by molar-refractivity contribution is 7.07. The van der Waals surface area contributed by atoms with E-state index in [1.54, 1.807) is 0 Å². The maximum absolute atomic E-state index is 6.13. The van der Waals surface area contributed by atoms with E-state index < -0.39 is 8.11 Å². The molecule has 0 spiro atoms. The molecule has 0 fully saturated rings. The first-order valence-corrected chi connectivity index (χ1v) is 6.53. The van der Waals surface area contributed by atoms with Crippen LogP contribution in [0.1, 0.15) is 33.6 Å². The summed E-state index contributed by atoms with van der Waals surface area (Å²) >= 11 is 6.13. The molecule has 0 aromatic carbocycles. The summed E-state index contributed by atoms with van der Waals surface area (Å²) in [4.78, 5) is 0. The Hall–Kier alpha value is 0.507. The molecule has 0 aliphatic carbocycles. The number of hydrogen-bond acceptors (Lipinski definition) is 0. The average Bonchev–Trinajstić information content (AvgIpc) is 1.87. The molecule has 0 aromatic rings. The van der Waals surface area contributed by atoms with Crippen LogP contribution in [0.5, 0.6) is 0 Å². The SMILES string of the molecule is CCC[Si](Cl)C(C)CC. The van der Waals surface area contributed by atoms with E-state index in [4.69, 9.17) is 11.1 Å². The van der Waals surface area contributed by atoms with Crippen LogP contribution in [0, 0.1) is 0 Å². The van der Waals surface area contributed by atoms with E-state index in [9.17, 15) is 0 Å². The third-order valence-corrected chi connectivity index (χ3v) is 5.78. The molecule has 2 heteroatoms. The lowest BCUT2D eigenvalue weighted by atomic mass is 10.4. The van der Waals surface area contributed by atoms with Crippen molar-refractivity contribution in [1.82, 2.24) is 0 Å². The van der Waals surface area contributed by atoms with Crippen LogP contribution in [-0.2, 0) is 0 Å². The molecule has 0 aliphatic rings. The number of rotatable bonds is 4. The summed E-state index contributed by atoms with van der Waals surface area (Å²) in [6, 6.07) is 1.27. The molecule has 0 rings (SSSR count). The van der Waals surface area contributed by atoms with Gasteiger partial charge >= 0.3 is 0 Å². The minimum Gasteiger partial charge on any atom is -0.169 e. The maximum atomic E-state index is 6.13. The summed E-state index contributed by atoms with van der Waals surface area (Å²) in [6.45, 7) is 6.68. The van der Waals surface area contributed by atoms with Gasteiger partial charge in [0.2, 0.25) is 0 Å². The Balaban J connectivity index is 3.32. The van der Waals surface area contributed by atoms with Crippen molar-refractivity contribution in [1.29, 1.82) is 0 Å². The van der Waals surface area contributed by atoms with E-state index in [2.05, 4.69) is 20.8 Å². The highest BCUT2D eigenvalue weighted by atomic mass is 35.6. The van der Waals surface area contributed by atoms with Gasteiger partial charge in [-0.15, -0.1) is 0 Å². The highest BCUT2D eigenvalue weighted by Gasteiger charge is 2.13. The first-order valence-electron chi connectivity index (χ1n) is 3.73. The molecular weight excluding hydrogens is 148 g/mol. The Kier molecular flexibility index (Phi) is 5.60. The average molecular weight is 164 g/mol. The summed E-state index contributed by atoms with van der Waals surface area (Å²) in [5.41, 5.74) is 0.789. The van der Waals surface area contributed by atoms with Crippen molar-refractivity contribution in [3.8, 4) is 0 Å². The van der Waals surface area contributed by atoms with Crippen molar-refractivity contribution >= 4 is 19.2 Å². The lowest BCUT2D eigenvalue weighted by Crippen LogP contribution is -2.09. The second-order valence-corrected chi connectivity index (χ2v) is 6.34. The number of hydrogen-bond donors (Lipinski definition) is 0. The van der Waals surface area contributed by atoms with Crippen LogP contribution in [0.2, 0.25) is 11.6 Å². The molecule has 0 aromatic heterocycles. The van der Waals surface area contributed by atoms with Gasteiger partial charge in [-0.25, -0.2) is 0 Å². The fourth-order valence-corrected chi connectivity index (χ4v) is 3.15.